The summed E-state index contributed by atoms with van der Waals surface area (Å²) < 4.78 is 45.2. The molecule has 1 aliphatic heterocycles. The molecule has 0 aromatic carbocycles. The molecular weight excluding hydrogens is 189 g/mol. The number of hydrogen-bond donors (Lipinski definition) is 0. The van der Waals surface area contributed by atoms with Crippen molar-refractivity contribution < 1.29 is 27.4 Å². The molecule has 13 heavy (non-hydrogen) atoms. The van der Waals surface area contributed by atoms with E-state index in [4.69, 9.17) is 0 Å². The fraction of sp³-hybridized carbons (Fsp3) is 0.857. The summed E-state index contributed by atoms with van der Waals surface area (Å²) >= 11 is 0. The number of carbonyl (C=O) groups is 1. The van der Waals surface area contributed by atoms with Gasteiger partial charge in [-0.1, -0.05) is 0 Å². The van der Waals surface area contributed by atoms with Crippen LogP contribution in [0, 0.1) is 5.92 Å². The molecule has 76 valence electrons. The molecule has 0 aromatic heterocycles. The third-order valence-electron chi connectivity index (χ3n) is 1.92. The molecule has 2 atom stereocenters. The minimum atomic E-state index is -4.49. The summed E-state index contributed by atoms with van der Waals surface area (Å²) in [6.07, 6.45) is -6.42. The number of ether oxygens (including phenoxy) is 2. The minimum absolute atomic E-state index is 0.0516. The minimum Gasteiger partial charge on any atom is -0.469 e. The lowest BCUT2D eigenvalue weighted by Crippen LogP contribution is -2.37. The van der Waals surface area contributed by atoms with Crippen molar-refractivity contribution in [3.05, 3.63) is 0 Å². The van der Waals surface area contributed by atoms with E-state index in [2.05, 4.69) is 9.47 Å². The Kier molecular flexibility index (Phi) is 2.80. The van der Waals surface area contributed by atoms with Crippen molar-refractivity contribution >= 4 is 5.97 Å². The molecule has 0 saturated carbocycles. The number of methoxy groups -OCH3 is 1. The lowest BCUT2D eigenvalue weighted by molar-refractivity contribution is -0.219. The average molecular weight is 198 g/mol. The van der Waals surface area contributed by atoms with E-state index in [0.717, 1.165) is 7.11 Å². The van der Waals surface area contributed by atoms with Crippen molar-refractivity contribution in [2.75, 3.05) is 13.7 Å². The van der Waals surface area contributed by atoms with Gasteiger partial charge in [0.15, 0.2) is 6.10 Å². The first-order chi connectivity index (χ1) is 5.96. The summed E-state index contributed by atoms with van der Waals surface area (Å²) in [6.45, 7) is -0.0516. The third kappa shape index (κ3) is 2.12. The summed E-state index contributed by atoms with van der Waals surface area (Å²) in [7, 11) is 1.06. The zero-order valence-corrected chi connectivity index (χ0v) is 6.93. The van der Waals surface area contributed by atoms with Crippen LogP contribution in [0.3, 0.4) is 0 Å². The number of alkyl halides is 3. The third-order valence-corrected chi connectivity index (χ3v) is 1.92. The molecule has 0 aliphatic carbocycles. The Bertz CT molecular complexity index is 202. The first-order valence-electron chi connectivity index (χ1n) is 3.73. The van der Waals surface area contributed by atoms with Gasteiger partial charge in [0.2, 0.25) is 0 Å². The number of rotatable bonds is 1. The van der Waals surface area contributed by atoms with Gasteiger partial charge in [-0.3, -0.25) is 4.79 Å². The molecule has 0 N–H and O–H groups in total. The van der Waals surface area contributed by atoms with E-state index < -0.39 is 24.2 Å². The van der Waals surface area contributed by atoms with Gasteiger partial charge >= 0.3 is 12.1 Å². The van der Waals surface area contributed by atoms with Crippen molar-refractivity contribution in [1.29, 1.82) is 0 Å². The lowest BCUT2D eigenvalue weighted by atomic mass is 10.0. The van der Waals surface area contributed by atoms with Gasteiger partial charge in [0.1, 0.15) is 0 Å². The SMILES string of the molecule is COC(=O)[C@H]1CCO[C@H]1C(F)(F)F. The number of esters is 1. The Balaban J connectivity index is 2.70. The Morgan fingerprint density at radius 1 is 1.54 bits per heavy atom. The molecule has 0 unspecified atom stereocenters. The highest BCUT2D eigenvalue weighted by molar-refractivity contribution is 5.73. The van der Waals surface area contributed by atoms with Crippen LogP contribution in [0.5, 0.6) is 0 Å². The molecule has 1 fully saturated rings. The van der Waals surface area contributed by atoms with Gasteiger partial charge in [-0.25, -0.2) is 0 Å². The van der Waals surface area contributed by atoms with Crippen LogP contribution in [-0.4, -0.2) is 32.0 Å². The monoisotopic (exact) mass is 198 g/mol. The number of hydrogen-bond acceptors (Lipinski definition) is 3. The molecule has 1 saturated heterocycles. The standard InChI is InChI=1S/C7H9F3O3/c1-12-6(11)4-2-3-13-5(4)7(8,9)10/h4-5H,2-3H2,1H3/t4-,5+/m0/s1. The Morgan fingerprint density at radius 3 is 2.62 bits per heavy atom. The van der Waals surface area contributed by atoms with Crippen LogP contribution in [-0.2, 0) is 14.3 Å². The van der Waals surface area contributed by atoms with Gasteiger partial charge in [0.05, 0.1) is 13.0 Å². The first-order valence-corrected chi connectivity index (χ1v) is 3.73. The number of halogens is 3. The second kappa shape index (κ2) is 3.53. The van der Waals surface area contributed by atoms with Gasteiger partial charge in [-0.2, -0.15) is 13.2 Å². The highest BCUT2D eigenvalue weighted by Gasteiger charge is 2.51. The van der Waals surface area contributed by atoms with Gasteiger partial charge in [-0.15, -0.1) is 0 Å². The molecule has 1 heterocycles. The predicted molar refractivity (Wildman–Crippen MR) is 35.9 cm³/mol. The van der Waals surface area contributed by atoms with Gasteiger partial charge < -0.3 is 9.47 Å². The summed E-state index contributed by atoms with van der Waals surface area (Å²) in [5.41, 5.74) is 0. The quantitative estimate of drug-likeness (QED) is 0.592. The molecular formula is C7H9F3O3. The largest absolute Gasteiger partial charge is 0.469 e. The average Bonchev–Trinajstić information content (AvgIpc) is 2.49. The maximum atomic E-state index is 12.2. The molecule has 6 heteroatoms. The first kappa shape index (κ1) is 10.3. The number of carbonyl (C=O) groups excluding carboxylic acids is 1. The predicted octanol–water partition coefficient (Wildman–Crippen LogP) is 1.13. The van der Waals surface area contributed by atoms with Crippen molar-refractivity contribution in [1.82, 2.24) is 0 Å². The van der Waals surface area contributed by atoms with Crippen LogP contribution in [0.2, 0.25) is 0 Å². The van der Waals surface area contributed by atoms with E-state index in [0.29, 0.717) is 0 Å². The summed E-state index contributed by atoms with van der Waals surface area (Å²) in [5, 5.41) is 0. The van der Waals surface area contributed by atoms with E-state index in [1.807, 2.05) is 0 Å². The molecule has 1 aliphatic rings. The molecule has 0 radical (unpaired) electrons. The Morgan fingerprint density at radius 2 is 2.15 bits per heavy atom. The van der Waals surface area contributed by atoms with Gasteiger partial charge in [0.25, 0.3) is 0 Å². The highest BCUT2D eigenvalue weighted by Crippen LogP contribution is 2.34. The van der Waals surface area contributed by atoms with E-state index >= 15 is 0 Å². The van der Waals surface area contributed by atoms with Crippen LogP contribution in [0.4, 0.5) is 13.2 Å². The van der Waals surface area contributed by atoms with Crippen LogP contribution < -0.4 is 0 Å². The topological polar surface area (TPSA) is 35.5 Å². The maximum Gasteiger partial charge on any atom is 0.415 e. The van der Waals surface area contributed by atoms with Crippen molar-refractivity contribution in [3.8, 4) is 0 Å². The zero-order valence-electron chi connectivity index (χ0n) is 6.93. The van der Waals surface area contributed by atoms with Crippen molar-refractivity contribution in [2.24, 2.45) is 5.92 Å². The molecule has 0 amide bonds. The zero-order chi connectivity index (χ0) is 10.1. The molecule has 1 rings (SSSR count). The van der Waals surface area contributed by atoms with Crippen LogP contribution in [0.15, 0.2) is 0 Å². The van der Waals surface area contributed by atoms with Crippen LogP contribution >= 0.6 is 0 Å². The maximum absolute atomic E-state index is 12.2. The Hall–Kier alpha value is -0.780. The highest BCUT2D eigenvalue weighted by atomic mass is 19.4. The Labute approximate surface area is 72.8 Å². The lowest BCUT2D eigenvalue weighted by Gasteiger charge is -2.18. The van der Waals surface area contributed by atoms with Crippen molar-refractivity contribution in [3.63, 3.8) is 0 Å². The second-order valence-corrected chi connectivity index (χ2v) is 2.75. The van der Waals surface area contributed by atoms with Gasteiger partial charge in [-0.05, 0) is 6.42 Å². The van der Waals surface area contributed by atoms with Crippen molar-refractivity contribution in [2.45, 2.75) is 18.7 Å². The normalized spacial score (nSPS) is 28.9. The second-order valence-electron chi connectivity index (χ2n) is 2.75. The fourth-order valence-corrected chi connectivity index (χ4v) is 1.30. The molecule has 0 spiro atoms. The van der Waals surface area contributed by atoms with Crippen LogP contribution in [0.25, 0.3) is 0 Å². The van der Waals surface area contributed by atoms with E-state index in [-0.39, 0.29) is 13.0 Å². The molecule has 0 bridgehead atoms. The van der Waals surface area contributed by atoms with E-state index in [1.54, 1.807) is 0 Å². The van der Waals surface area contributed by atoms with E-state index in [9.17, 15) is 18.0 Å². The van der Waals surface area contributed by atoms with E-state index in [1.165, 1.54) is 0 Å². The summed E-state index contributed by atoms with van der Waals surface area (Å²) in [6, 6.07) is 0. The fourth-order valence-electron chi connectivity index (χ4n) is 1.30. The smallest absolute Gasteiger partial charge is 0.415 e. The molecule has 3 nitrogen and oxygen atoms in total. The van der Waals surface area contributed by atoms with Gasteiger partial charge in [0, 0.05) is 6.61 Å². The summed E-state index contributed by atoms with van der Waals surface area (Å²) in [5.74, 6) is -2.06. The molecule has 0 aromatic rings. The van der Waals surface area contributed by atoms with Crippen LogP contribution in [0.1, 0.15) is 6.42 Å². The summed E-state index contributed by atoms with van der Waals surface area (Å²) in [4.78, 5) is 10.9.